The maximum absolute atomic E-state index is 10.0. The lowest BCUT2D eigenvalue weighted by atomic mass is 10.5. The summed E-state index contributed by atoms with van der Waals surface area (Å²) in [5.74, 6) is 0.0370. The van der Waals surface area contributed by atoms with E-state index in [2.05, 4.69) is 11.5 Å². The molecule has 0 aromatic carbocycles. The Balaban J connectivity index is 2.52. The van der Waals surface area contributed by atoms with Crippen molar-refractivity contribution in [2.45, 2.75) is 6.42 Å². The number of rotatable bonds is 0. The predicted molar refractivity (Wildman–Crippen MR) is 20.6 cm³/mol. The van der Waals surface area contributed by atoms with E-state index >= 15 is 0 Å². The highest BCUT2D eigenvalue weighted by molar-refractivity contribution is 5.79. The summed E-state index contributed by atoms with van der Waals surface area (Å²) in [6, 6.07) is 0. The number of hydrogen-bond donors (Lipinski definition) is 1. The average Bonchev–Trinajstić information content (AvgIpc) is 1.86. The van der Waals surface area contributed by atoms with E-state index in [1.165, 1.54) is 0 Å². The van der Waals surface area contributed by atoms with Gasteiger partial charge in [-0.15, -0.1) is 0 Å². The van der Waals surface area contributed by atoms with Crippen molar-refractivity contribution in [2.75, 3.05) is 0 Å². The van der Waals surface area contributed by atoms with Crippen LogP contribution in [0.4, 0.5) is 0 Å². The van der Waals surface area contributed by atoms with Crippen LogP contribution in [0.15, 0.2) is 6.08 Å². The molecule has 6 heavy (non-hydrogen) atoms. The minimum absolute atomic E-state index is 0.0370. The van der Waals surface area contributed by atoms with Gasteiger partial charge in [0.1, 0.15) is 0 Å². The molecule has 2 heteroatoms. The van der Waals surface area contributed by atoms with E-state index < -0.39 is 0 Å². The number of carbonyl (C=O) groups excluding carboxylic acids is 1. The summed E-state index contributed by atoms with van der Waals surface area (Å²) < 4.78 is 0. The van der Waals surface area contributed by atoms with Crippen LogP contribution in [-0.4, -0.2) is 5.91 Å². The zero-order chi connectivity index (χ0) is 4.41. The summed E-state index contributed by atoms with van der Waals surface area (Å²) in [7, 11) is 0. The lowest BCUT2D eigenvalue weighted by Gasteiger charge is -1.78. The van der Waals surface area contributed by atoms with E-state index in [0.29, 0.717) is 6.42 Å². The highest BCUT2D eigenvalue weighted by atomic mass is 16.1. The third-order valence-electron chi connectivity index (χ3n) is 0.601. The quantitative estimate of drug-likeness (QED) is 0.431. The average molecular weight is 82.1 g/mol. The van der Waals surface area contributed by atoms with Gasteiger partial charge in [-0.05, 0) is 6.08 Å². The van der Waals surface area contributed by atoms with Crippen LogP contribution in [0.3, 0.4) is 0 Å². The van der Waals surface area contributed by atoms with Gasteiger partial charge in [0.15, 0.2) is 0 Å². The van der Waals surface area contributed by atoms with Crippen LogP contribution in [0.5, 0.6) is 0 Å². The molecule has 0 fully saturated rings. The number of hydrogen-bond acceptors (Lipinski definition) is 1. The Morgan fingerprint density at radius 1 is 2.00 bits per heavy atom. The van der Waals surface area contributed by atoms with Crippen molar-refractivity contribution in [1.29, 1.82) is 0 Å². The summed E-state index contributed by atoms with van der Waals surface area (Å²) in [5, 5.41) is 2.38. The third kappa shape index (κ3) is 0.407. The summed E-state index contributed by atoms with van der Waals surface area (Å²) >= 11 is 0. The maximum atomic E-state index is 10.0. The Kier molecular flexibility index (Phi) is 0.638. The van der Waals surface area contributed by atoms with Crippen LogP contribution in [0.25, 0.3) is 0 Å². The molecule has 1 rings (SSSR count). The van der Waals surface area contributed by atoms with Crippen molar-refractivity contribution in [3.05, 3.63) is 12.3 Å². The topological polar surface area (TPSA) is 29.1 Å². The van der Waals surface area contributed by atoms with Gasteiger partial charge in [-0.25, -0.2) is 0 Å². The summed E-state index contributed by atoms with van der Waals surface area (Å²) in [6.45, 7) is 0. The van der Waals surface area contributed by atoms with Crippen molar-refractivity contribution in [3.8, 4) is 0 Å². The van der Waals surface area contributed by atoms with Crippen LogP contribution in [0.2, 0.25) is 0 Å². The molecule has 0 aromatic rings. The molecule has 0 unspecified atom stereocenters. The zero-order valence-electron chi connectivity index (χ0n) is 3.19. The SMILES string of the molecule is O=C1CC=[C]N1. The van der Waals surface area contributed by atoms with E-state index in [0.717, 1.165) is 0 Å². The Bertz CT molecular complexity index is 85.7. The molecule has 1 N–H and O–H groups in total. The maximum Gasteiger partial charge on any atom is 0.228 e. The van der Waals surface area contributed by atoms with E-state index in [-0.39, 0.29) is 5.91 Å². The predicted octanol–water partition coefficient (Wildman–Crippen LogP) is -0.177. The second-order valence-corrected chi connectivity index (χ2v) is 1.10. The summed E-state index contributed by atoms with van der Waals surface area (Å²) in [6.07, 6.45) is 4.72. The largest absolute Gasteiger partial charge is 0.324 e. The molecule has 2 nitrogen and oxygen atoms in total. The van der Waals surface area contributed by atoms with E-state index in [4.69, 9.17) is 0 Å². The number of amides is 1. The molecule has 0 saturated carbocycles. The Hall–Kier alpha value is -0.790. The number of carbonyl (C=O) groups is 1. The smallest absolute Gasteiger partial charge is 0.228 e. The molecule has 31 valence electrons. The molecule has 0 atom stereocenters. The standard InChI is InChI=1S/C4H4NO/c6-4-2-1-3-5-4/h1H,2H2,(H,5,6). The minimum atomic E-state index is 0.0370. The fourth-order valence-electron chi connectivity index (χ4n) is 0.326. The monoisotopic (exact) mass is 82.0 g/mol. The lowest BCUT2D eigenvalue weighted by Crippen LogP contribution is -2.08. The molecular formula is C4H4NO. The molecule has 0 spiro atoms. The van der Waals surface area contributed by atoms with E-state index in [1.54, 1.807) is 6.08 Å². The highest BCUT2D eigenvalue weighted by Crippen LogP contribution is 1.86. The van der Waals surface area contributed by atoms with Crippen LogP contribution < -0.4 is 5.32 Å². The molecule has 1 radical (unpaired) electrons. The molecule has 0 aliphatic carbocycles. The van der Waals surface area contributed by atoms with Crippen molar-refractivity contribution >= 4 is 5.91 Å². The van der Waals surface area contributed by atoms with Gasteiger partial charge in [0.05, 0.1) is 6.20 Å². The normalized spacial score (nSPS) is 18.3. The van der Waals surface area contributed by atoms with Gasteiger partial charge < -0.3 is 5.32 Å². The first kappa shape index (κ1) is 3.40. The third-order valence-corrected chi connectivity index (χ3v) is 0.601. The first-order chi connectivity index (χ1) is 2.89. The van der Waals surface area contributed by atoms with Gasteiger partial charge in [0.2, 0.25) is 5.91 Å². The second-order valence-electron chi connectivity index (χ2n) is 1.10. The molecule has 1 aliphatic heterocycles. The molecule has 1 amide bonds. The minimum Gasteiger partial charge on any atom is -0.324 e. The van der Waals surface area contributed by atoms with Gasteiger partial charge >= 0.3 is 0 Å². The number of nitrogens with one attached hydrogen (secondary N) is 1. The van der Waals surface area contributed by atoms with Gasteiger partial charge in [0.25, 0.3) is 0 Å². The molecule has 0 bridgehead atoms. The van der Waals surface area contributed by atoms with Crippen molar-refractivity contribution < 1.29 is 4.79 Å². The molecule has 1 aliphatic rings. The van der Waals surface area contributed by atoms with Gasteiger partial charge in [-0.1, -0.05) is 0 Å². The van der Waals surface area contributed by atoms with Gasteiger partial charge in [0, 0.05) is 6.42 Å². The van der Waals surface area contributed by atoms with Crippen molar-refractivity contribution in [3.63, 3.8) is 0 Å². The second kappa shape index (κ2) is 1.12. The fourth-order valence-corrected chi connectivity index (χ4v) is 0.326. The first-order valence-corrected chi connectivity index (χ1v) is 1.75. The van der Waals surface area contributed by atoms with Crippen LogP contribution in [0, 0.1) is 6.20 Å². The molecule has 1 heterocycles. The van der Waals surface area contributed by atoms with E-state index in [9.17, 15) is 4.79 Å². The molecule has 0 aromatic heterocycles. The summed E-state index contributed by atoms with van der Waals surface area (Å²) in [4.78, 5) is 10.0. The van der Waals surface area contributed by atoms with Crippen LogP contribution in [-0.2, 0) is 4.79 Å². The van der Waals surface area contributed by atoms with Crippen LogP contribution in [0.1, 0.15) is 6.42 Å². The zero-order valence-corrected chi connectivity index (χ0v) is 3.19. The van der Waals surface area contributed by atoms with Gasteiger partial charge in [-0.2, -0.15) is 0 Å². The Labute approximate surface area is 35.9 Å². The Morgan fingerprint density at radius 2 is 2.83 bits per heavy atom. The van der Waals surface area contributed by atoms with Crippen LogP contribution >= 0.6 is 0 Å². The highest BCUT2D eigenvalue weighted by Gasteiger charge is 1.98. The van der Waals surface area contributed by atoms with Crippen molar-refractivity contribution in [1.82, 2.24) is 5.32 Å². The first-order valence-electron chi connectivity index (χ1n) is 1.75. The molecular weight excluding hydrogens is 78.0 g/mol. The van der Waals surface area contributed by atoms with Crippen molar-refractivity contribution in [2.24, 2.45) is 0 Å². The summed E-state index contributed by atoms with van der Waals surface area (Å²) in [5.41, 5.74) is 0. The van der Waals surface area contributed by atoms with E-state index in [1.807, 2.05) is 0 Å². The fraction of sp³-hybridized carbons (Fsp3) is 0.250. The molecule has 0 saturated heterocycles. The Morgan fingerprint density at radius 3 is 3.00 bits per heavy atom. The lowest BCUT2D eigenvalue weighted by molar-refractivity contribution is -0.118. The van der Waals surface area contributed by atoms with Gasteiger partial charge in [-0.3, -0.25) is 4.79 Å².